The second kappa shape index (κ2) is 6.60. The maximum absolute atomic E-state index is 12.4. The van der Waals surface area contributed by atoms with Gasteiger partial charge in [0, 0.05) is 6.54 Å². The van der Waals surface area contributed by atoms with Gasteiger partial charge in [-0.15, -0.1) is 0 Å². The minimum atomic E-state index is -4.69. The minimum absolute atomic E-state index is 0.128. The molecule has 0 aromatic rings. The van der Waals surface area contributed by atoms with E-state index in [-0.39, 0.29) is 6.54 Å². The van der Waals surface area contributed by atoms with Gasteiger partial charge >= 0.3 is 12.4 Å². The van der Waals surface area contributed by atoms with Gasteiger partial charge in [0.1, 0.15) is 5.70 Å². The average molecular weight is 302 g/mol. The van der Waals surface area contributed by atoms with Crippen molar-refractivity contribution in [3.8, 4) is 0 Å². The summed E-state index contributed by atoms with van der Waals surface area (Å²) in [5.41, 5.74) is -1.25. The first-order valence-electron chi connectivity index (χ1n) is 6.15. The van der Waals surface area contributed by atoms with Crippen LogP contribution in [0.25, 0.3) is 0 Å². The molecule has 116 valence electrons. The lowest BCUT2D eigenvalue weighted by Gasteiger charge is -2.22. The molecule has 0 aromatic heterocycles. The lowest BCUT2D eigenvalue weighted by molar-refractivity contribution is -0.145. The number of aliphatic imine (C=N–C) groups is 1. The molecule has 8 heteroatoms. The highest BCUT2D eigenvalue weighted by atomic mass is 19.4. The lowest BCUT2D eigenvalue weighted by Crippen LogP contribution is -2.35. The van der Waals surface area contributed by atoms with Crippen LogP contribution in [0.5, 0.6) is 0 Å². The predicted octanol–water partition coefficient (Wildman–Crippen LogP) is 3.80. The molecule has 0 aliphatic heterocycles. The van der Waals surface area contributed by atoms with Crippen molar-refractivity contribution in [2.45, 2.75) is 31.6 Å². The third-order valence-corrected chi connectivity index (χ3v) is 2.96. The van der Waals surface area contributed by atoms with Gasteiger partial charge in [-0.1, -0.05) is 12.8 Å². The van der Waals surface area contributed by atoms with Crippen LogP contribution < -0.4 is 0 Å². The van der Waals surface area contributed by atoms with E-state index < -0.39 is 31.1 Å². The fourth-order valence-corrected chi connectivity index (χ4v) is 1.75. The summed E-state index contributed by atoms with van der Waals surface area (Å²) in [5, 5.41) is 0. The largest absolute Gasteiger partial charge is 0.433 e. The van der Waals surface area contributed by atoms with Crippen LogP contribution in [0, 0.1) is 5.92 Å². The van der Waals surface area contributed by atoms with Crippen LogP contribution in [-0.2, 0) is 0 Å². The summed E-state index contributed by atoms with van der Waals surface area (Å²) in [6.07, 6.45) is -5.94. The van der Waals surface area contributed by atoms with Crippen molar-refractivity contribution in [3.63, 3.8) is 0 Å². The molecular formula is C12H16F6N2. The molecular weight excluding hydrogens is 286 g/mol. The van der Waals surface area contributed by atoms with Gasteiger partial charge in [-0.2, -0.15) is 26.3 Å². The number of nitrogens with zero attached hydrogens (tertiary/aromatic N) is 2. The van der Waals surface area contributed by atoms with Crippen molar-refractivity contribution in [2.75, 3.05) is 19.6 Å². The minimum Gasteiger partial charge on any atom is -0.291 e. The van der Waals surface area contributed by atoms with Gasteiger partial charge in [0.2, 0.25) is 0 Å². The van der Waals surface area contributed by atoms with Crippen molar-refractivity contribution in [1.29, 1.82) is 0 Å². The Hall–Kier alpha value is -1.05. The van der Waals surface area contributed by atoms with Gasteiger partial charge in [-0.25, -0.2) is 0 Å². The summed E-state index contributed by atoms with van der Waals surface area (Å²) in [4.78, 5) is 3.77. The van der Waals surface area contributed by atoms with Gasteiger partial charge in [-0.05, 0) is 31.7 Å². The Morgan fingerprint density at radius 1 is 1.20 bits per heavy atom. The Labute approximate surface area is 113 Å². The number of allylic oxidation sites excluding steroid dienone is 1. The zero-order valence-corrected chi connectivity index (χ0v) is 10.8. The first-order valence-corrected chi connectivity index (χ1v) is 6.15. The molecule has 20 heavy (non-hydrogen) atoms. The number of alkyl halides is 6. The van der Waals surface area contributed by atoms with Crippen molar-refractivity contribution in [3.05, 3.63) is 11.8 Å². The molecule has 0 saturated heterocycles. The first kappa shape index (κ1) is 17.0. The van der Waals surface area contributed by atoms with E-state index in [2.05, 4.69) is 11.7 Å². The fourth-order valence-electron chi connectivity index (χ4n) is 1.75. The normalized spacial score (nSPS) is 17.6. The average Bonchev–Trinajstić information content (AvgIpc) is 3.06. The van der Waals surface area contributed by atoms with E-state index in [1.54, 1.807) is 0 Å². The quantitative estimate of drug-likeness (QED) is 0.516. The van der Waals surface area contributed by atoms with E-state index in [1.807, 2.05) is 0 Å². The Balaban J connectivity index is 2.61. The molecule has 0 N–H and O–H groups in total. The second-order valence-electron chi connectivity index (χ2n) is 4.83. The first-order chi connectivity index (χ1) is 9.12. The van der Waals surface area contributed by atoms with Gasteiger partial charge in [0.05, 0.1) is 6.54 Å². The predicted molar refractivity (Wildman–Crippen MR) is 63.5 cm³/mol. The summed E-state index contributed by atoms with van der Waals surface area (Å²) < 4.78 is 74.3. The molecule has 1 fully saturated rings. The standard InChI is InChI=1S/C12H16F6N2/c1-19-10(12(16,17)18)5-7-20(8-11(13,14)15)6-4-9-2-3-9/h5,9H,1-4,6-8H2/b10-5+. The van der Waals surface area contributed by atoms with Crippen LogP contribution >= 0.6 is 0 Å². The van der Waals surface area contributed by atoms with Crippen LogP contribution in [0.4, 0.5) is 26.3 Å². The fraction of sp³-hybridized carbons (Fsp3) is 0.750. The molecule has 0 radical (unpaired) electrons. The third kappa shape index (κ3) is 6.93. The Morgan fingerprint density at radius 2 is 1.80 bits per heavy atom. The summed E-state index contributed by atoms with van der Waals surface area (Å²) in [6, 6.07) is 0. The Bertz CT molecular complexity index is 354. The molecule has 0 unspecified atom stereocenters. The maximum atomic E-state index is 12.4. The van der Waals surface area contributed by atoms with E-state index in [9.17, 15) is 26.3 Å². The number of halogens is 6. The van der Waals surface area contributed by atoms with E-state index in [0.29, 0.717) is 18.4 Å². The van der Waals surface area contributed by atoms with Crippen molar-refractivity contribution >= 4 is 6.72 Å². The van der Waals surface area contributed by atoms with E-state index in [0.717, 1.165) is 17.7 Å². The molecule has 1 aliphatic rings. The van der Waals surface area contributed by atoms with Crippen LogP contribution in [0.1, 0.15) is 19.3 Å². The maximum Gasteiger partial charge on any atom is 0.433 e. The SMILES string of the molecule is C=N/C(=C/CN(CCC1CC1)CC(F)(F)F)C(F)(F)F. The third-order valence-electron chi connectivity index (χ3n) is 2.96. The number of hydrogen-bond donors (Lipinski definition) is 0. The molecule has 0 atom stereocenters. The van der Waals surface area contributed by atoms with Crippen LogP contribution in [-0.4, -0.2) is 43.6 Å². The monoisotopic (exact) mass is 302 g/mol. The summed E-state index contributed by atoms with van der Waals surface area (Å²) >= 11 is 0. The van der Waals surface area contributed by atoms with E-state index >= 15 is 0 Å². The van der Waals surface area contributed by atoms with Gasteiger partial charge in [0.15, 0.2) is 0 Å². The van der Waals surface area contributed by atoms with Crippen LogP contribution in [0.15, 0.2) is 16.8 Å². The summed E-state index contributed by atoms with van der Waals surface area (Å²) in [6.45, 7) is 1.25. The van der Waals surface area contributed by atoms with Gasteiger partial charge in [-0.3, -0.25) is 9.89 Å². The van der Waals surface area contributed by atoms with E-state index in [1.165, 1.54) is 0 Å². The molecule has 1 saturated carbocycles. The van der Waals surface area contributed by atoms with E-state index in [4.69, 9.17) is 0 Å². The smallest absolute Gasteiger partial charge is 0.291 e. The van der Waals surface area contributed by atoms with Gasteiger partial charge in [0.25, 0.3) is 0 Å². The number of hydrogen-bond acceptors (Lipinski definition) is 2. The van der Waals surface area contributed by atoms with Crippen molar-refractivity contribution in [1.82, 2.24) is 4.90 Å². The lowest BCUT2D eigenvalue weighted by atomic mass is 10.2. The molecule has 1 rings (SSSR count). The van der Waals surface area contributed by atoms with Crippen LogP contribution in [0.3, 0.4) is 0 Å². The highest BCUT2D eigenvalue weighted by Crippen LogP contribution is 2.33. The Morgan fingerprint density at radius 3 is 2.20 bits per heavy atom. The second-order valence-corrected chi connectivity index (χ2v) is 4.83. The van der Waals surface area contributed by atoms with Gasteiger partial charge < -0.3 is 0 Å². The zero-order chi connectivity index (χ0) is 15.4. The molecule has 1 aliphatic carbocycles. The zero-order valence-electron chi connectivity index (χ0n) is 10.8. The summed E-state index contributed by atoms with van der Waals surface area (Å²) in [5.74, 6) is 0.411. The molecule has 0 spiro atoms. The highest BCUT2D eigenvalue weighted by Gasteiger charge is 2.34. The van der Waals surface area contributed by atoms with Crippen molar-refractivity contribution < 1.29 is 26.3 Å². The Kier molecular flexibility index (Phi) is 5.61. The topological polar surface area (TPSA) is 15.6 Å². The number of rotatable bonds is 7. The van der Waals surface area contributed by atoms with Crippen LogP contribution in [0.2, 0.25) is 0 Å². The highest BCUT2D eigenvalue weighted by molar-refractivity contribution is 5.30. The molecule has 0 heterocycles. The van der Waals surface area contributed by atoms with Crippen molar-refractivity contribution in [2.24, 2.45) is 10.9 Å². The molecule has 2 nitrogen and oxygen atoms in total. The molecule has 0 bridgehead atoms. The summed E-state index contributed by atoms with van der Waals surface area (Å²) in [7, 11) is 0. The molecule has 0 aromatic carbocycles. The molecule has 0 amide bonds.